The largest absolute Gasteiger partial charge is 0.508 e. The monoisotopic (exact) mass is 496 g/mol. The maximum absolute atomic E-state index is 13.9. The lowest BCUT2D eigenvalue weighted by Gasteiger charge is -2.20. The second-order valence-corrected chi connectivity index (χ2v) is 9.14. The maximum atomic E-state index is 13.9. The van der Waals surface area contributed by atoms with Crippen LogP contribution in [-0.4, -0.2) is 27.6 Å². The van der Waals surface area contributed by atoms with Crippen LogP contribution in [0.1, 0.15) is 29.9 Å². The van der Waals surface area contributed by atoms with Crippen LogP contribution < -0.4 is 20.7 Å². The lowest BCUT2D eigenvalue weighted by atomic mass is 9.99. The van der Waals surface area contributed by atoms with Crippen molar-refractivity contribution < 1.29 is 32.6 Å². The summed E-state index contributed by atoms with van der Waals surface area (Å²) in [4.78, 5) is 28.3. The fourth-order valence-corrected chi connectivity index (χ4v) is 4.94. The Labute approximate surface area is 202 Å². The van der Waals surface area contributed by atoms with Crippen LogP contribution in [-0.2, 0) is 11.2 Å². The van der Waals surface area contributed by atoms with E-state index in [1.807, 2.05) is 0 Å². The number of phenolic OH excluding ortho intramolecular Hbond substituents is 1. The van der Waals surface area contributed by atoms with Gasteiger partial charge in [0.05, 0.1) is 11.2 Å². The number of nitrogens with one attached hydrogen (secondary N) is 3. The molecule has 36 heavy (non-hydrogen) atoms. The number of ether oxygens (including phenoxy) is 1. The molecular formula is C25H19F3N4O4. The third kappa shape index (κ3) is 3.58. The zero-order valence-corrected chi connectivity index (χ0v) is 18.6. The van der Waals surface area contributed by atoms with E-state index < -0.39 is 34.7 Å². The molecule has 0 spiro atoms. The van der Waals surface area contributed by atoms with Gasteiger partial charge in [-0.3, -0.25) is 4.79 Å². The number of rotatable bonds is 5. The van der Waals surface area contributed by atoms with Crippen molar-refractivity contribution in [1.82, 2.24) is 10.3 Å². The Kier molecular flexibility index (Phi) is 4.85. The molecule has 4 N–H and O–H groups in total. The summed E-state index contributed by atoms with van der Waals surface area (Å²) in [6.45, 7) is 0. The van der Waals surface area contributed by atoms with Gasteiger partial charge in [0.15, 0.2) is 17.5 Å². The Morgan fingerprint density at radius 2 is 1.97 bits per heavy atom. The second kappa shape index (κ2) is 7.87. The standard InChI is InChI=1S/C25H19F3N4O4/c26-15-3-4-16(22(28)21(15)27)30-24(35)32-25-10-14(25)20(25)13-9-11(1-5-17(13)33)36-18-7-8-29-23-12(18)2-6-19(34)31-23/h1,3-5,7-9,14,20,33H,2,6,10H2,(H,29,31,34)(H2,30,32,35). The van der Waals surface area contributed by atoms with Gasteiger partial charge in [-0.05, 0) is 55.2 Å². The van der Waals surface area contributed by atoms with Gasteiger partial charge in [0, 0.05) is 29.7 Å². The number of aromatic nitrogens is 1. The molecule has 2 aliphatic carbocycles. The molecule has 0 saturated heterocycles. The Morgan fingerprint density at radius 3 is 2.78 bits per heavy atom. The van der Waals surface area contributed by atoms with Gasteiger partial charge in [0.25, 0.3) is 0 Å². The first-order valence-corrected chi connectivity index (χ1v) is 11.3. The van der Waals surface area contributed by atoms with Crippen molar-refractivity contribution in [2.24, 2.45) is 5.92 Å². The summed E-state index contributed by atoms with van der Waals surface area (Å²) in [5.41, 5.74) is 0.266. The number of anilines is 2. The average Bonchev–Trinajstić information content (AvgIpc) is 3.71. The van der Waals surface area contributed by atoms with Crippen LogP contribution >= 0.6 is 0 Å². The minimum atomic E-state index is -1.67. The summed E-state index contributed by atoms with van der Waals surface area (Å²) < 4.78 is 46.5. The molecule has 3 unspecified atom stereocenters. The van der Waals surface area contributed by atoms with Crippen molar-refractivity contribution in [3.8, 4) is 17.2 Å². The molecule has 3 atom stereocenters. The van der Waals surface area contributed by atoms with E-state index in [0.29, 0.717) is 42.1 Å². The highest BCUT2D eigenvalue weighted by Gasteiger charge is 2.80. The average molecular weight is 496 g/mol. The first-order chi connectivity index (χ1) is 17.3. The van der Waals surface area contributed by atoms with Crippen molar-refractivity contribution in [2.45, 2.75) is 30.7 Å². The first kappa shape index (κ1) is 22.2. The van der Waals surface area contributed by atoms with E-state index in [1.54, 1.807) is 18.2 Å². The molecule has 3 aromatic rings. The lowest BCUT2D eigenvalue weighted by molar-refractivity contribution is -0.116. The molecule has 2 heterocycles. The summed E-state index contributed by atoms with van der Waals surface area (Å²) in [5.74, 6) is -3.23. The molecule has 8 nitrogen and oxygen atoms in total. The molecule has 2 fully saturated rings. The molecule has 11 heteroatoms. The van der Waals surface area contributed by atoms with Crippen LogP contribution in [0.15, 0.2) is 42.6 Å². The summed E-state index contributed by atoms with van der Waals surface area (Å²) in [5, 5.41) is 18.2. The number of halogens is 3. The Morgan fingerprint density at radius 1 is 1.14 bits per heavy atom. The third-order valence-corrected chi connectivity index (χ3v) is 6.97. The summed E-state index contributed by atoms with van der Waals surface area (Å²) in [6, 6.07) is 7.41. The Balaban J connectivity index is 1.17. The predicted molar refractivity (Wildman–Crippen MR) is 121 cm³/mol. The number of carbonyl (C=O) groups is 2. The number of hydrogen-bond acceptors (Lipinski definition) is 5. The van der Waals surface area contributed by atoms with E-state index in [1.165, 1.54) is 12.3 Å². The molecule has 6 rings (SSSR count). The first-order valence-electron chi connectivity index (χ1n) is 11.3. The molecule has 1 aliphatic heterocycles. The second-order valence-electron chi connectivity index (χ2n) is 9.14. The van der Waals surface area contributed by atoms with Crippen molar-refractivity contribution >= 4 is 23.4 Å². The SMILES string of the molecule is O=C1CCc2c(Oc3ccc(O)c(C4C5CC54NC(=O)Nc4ccc(F)c(F)c4F)c3)ccnc2N1. The highest BCUT2D eigenvalue weighted by molar-refractivity contribution is 5.93. The highest BCUT2D eigenvalue weighted by Crippen LogP contribution is 2.77. The van der Waals surface area contributed by atoms with E-state index in [-0.39, 0.29) is 23.5 Å². The van der Waals surface area contributed by atoms with E-state index in [9.17, 15) is 27.9 Å². The fraction of sp³-hybridized carbons (Fsp3) is 0.240. The number of urea groups is 1. The predicted octanol–water partition coefficient (Wildman–Crippen LogP) is 4.56. The van der Waals surface area contributed by atoms with Gasteiger partial charge < -0.3 is 25.8 Å². The van der Waals surface area contributed by atoms with Gasteiger partial charge >= 0.3 is 6.03 Å². The molecule has 2 aromatic carbocycles. The topological polar surface area (TPSA) is 113 Å². The number of pyridine rings is 1. The van der Waals surface area contributed by atoms with Crippen LogP contribution in [0.5, 0.6) is 17.2 Å². The van der Waals surface area contributed by atoms with E-state index in [4.69, 9.17) is 4.74 Å². The van der Waals surface area contributed by atoms with Gasteiger partial charge in [-0.1, -0.05) is 0 Å². The van der Waals surface area contributed by atoms with E-state index in [2.05, 4.69) is 20.9 Å². The fourth-order valence-electron chi connectivity index (χ4n) is 4.94. The normalized spacial score (nSPS) is 23.1. The molecule has 3 amide bonds. The van der Waals surface area contributed by atoms with Crippen molar-refractivity contribution in [3.63, 3.8) is 0 Å². The number of fused-ring (bicyclic) bond motifs is 2. The molecule has 1 aromatic heterocycles. The smallest absolute Gasteiger partial charge is 0.319 e. The van der Waals surface area contributed by atoms with Crippen LogP contribution in [0.25, 0.3) is 0 Å². The lowest BCUT2D eigenvalue weighted by Crippen LogP contribution is -2.36. The van der Waals surface area contributed by atoms with Crippen molar-refractivity contribution in [3.05, 3.63) is 71.2 Å². The highest BCUT2D eigenvalue weighted by atomic mass is 19.2. The maximum Gasteiger partial charge on any atom is 0.319 e. The van der Waals surface area contributed by atoms with Crippen LogP contribution in [0.3, 0.4) is 0 Å². The van der Waals surface area contributed by atoms with Crippen molar-refractivity contribution in [2.75, 3.05) is 10.6 Å². The minimum absolute atomic E-state index is 0.0387. The van der Waals surface area contributed by atoms with Crippen LogP contribution in [0.4, 0.5) is 29.5 Å². The van der Waals surface area contributed by atoms with Crippen LogP contribution in [0.2, 0.25) is 0 Å². The van der Waals surface area contributed by atoms with Crippen LogP contribution in [0, 0.1) is 23.4 Å². The summed E-state index contributed by atoms with van der Waals surface area (Å²) in [6.07, 6.45) is 3.00. The zero-order valence-electron chi connectivity index (χ0n) is 18.6. The van der Waals surface area contributed by atoms with E-state index >= 15 is 0 Å². The molecule has 2 saturated carbocycles. The molecule has 3 aliphatic rings. The summed E-state index contributed by atoms with van der Waals surface area (Å²) in [7, 11) is 0. The molecule has 0 radical (unpaired) electrons. The Bertz CT molecular complexity index is 1450. The van der Waals surface area contributed by atoms with Gasteiger partial charge in [0.2, 0.25) is 5.91 Å². The number of hydrogen-bond donors (Lipinski definition) is 4. The Hall–Kier alpha value is -4.28. The van der Waals surface area contributed by atoms with Gasteiger partial charge in [-0.25, -0.2) is 22.9 Å². The molecular weight excluding hydrogens is 477 g/mol. The third-order valence-electron chi connectivity index (χ3n) is 6.97. The minimum Gasteiger partial charge on any atom is -0.508 e. The number of aromatic hydroxyl groups is 1. The number of benzene rings is 2. The van der Waals surface area contributed by atoms with Gasteiger partial charge in [-0.15, -0.1) is 0 Å². The van der Waals surface area contributed by atoms with Gasteiger partial charge in [0.1, 0.15) is 23.1 Å². The number of carbonyl (C=O) groups excluding carboxylic acids is 2. The van der Waals surface area contributed by atoms with Gasteiger partial charge in [-0.2, -0.15) is 0 Å². The number of nitrogens with zero attached hydrogens (tertiary/aromatic N) is 1. The van der Waals surface area contributed by atoms with Crippen molar-refractivity contribution in [1.29, 1.82) is 0 Å². The quantitative estimate of drug-likeness (QED) is 0.387. The zero-order chi connectivity index (χ0) is 25.2. The molecule has 0 bridgehead atoms. The number of phenols is 1. The number of amides is 3. The summed E-state index contributed by atoms with van der Waals surface area (Å²) >= 11 is 0. The molecule has 184 valence electrons. The van der Waals surface area contributed by atoms with E-state index in [0.717, 1.165) is 17.7 Å².